The molecule has 25 heavy (non-hydrogen) atoms. The highest BCUT2D eigenvalue weighted by Gasteiger charge is 2.36. The standard InChI is InChI=1S/C19H29N5O/c25-19(24-9-3-5-16-4-1-2-6-17(16)24)15-22-10-12-23(13-11-22)18-14-20-7-8-21-18/h7-8,14,16-17H,1-6,9-13,15H2. The minimum atomic E-state index is 0.351. The Labute approximate surface area is 150 Å². The van der Waals surface area contributed by atoms with Gasteiger partial charge in [-0.3, -0.25) is 14.7 Å². The highest BCUT2D eigenvalue weighted by Crippen LogP contribution is 2.35. The van der Waals surface area contributed by atoms with Gasteiger partial charge in [0, 0.05) is 51.2 Å². The summed E-state index contributed by atoms with van der Waals surface area (Å²) in [7, 11) is 0. The Bertz CT molecular complexity index is 570. The van der Waals surface area contributed by atoms with E-state index in [4.69, 9.17) is 0 Å². The van der Waals surface area contributed by atoms with Crippen LogP contribution in [0.15, 0.2) is 18.6 Å². The van der Waals surface area contributed by atoms with Gasteiger partial charge in [0.1, 0.15) is 5.82 Å². The van der Waals surface area contributed by atoms with Crippen molar-refractivity contribution < 1.29 is 4.79 Å². The predicted molar refractivity (Wildman–Crippen MR) is 97.4 cm³/mol. The third-order valence-corrected chi connectivity index (χ3v) is 6.17. The Morgan fingerprint density at radius 1 is 1.00 bits per heavy atom. The van der Waals surface area contributed by atoms with E-state index in [0.717, 1.165) is 44.5 Å². The van der Waals surface area contributed by atoms with E-state index >= 15 is 0 Å². The minimum absolute atomic E-state index is 0.351. The van der Waals surface area contributed by atoms with Crippen LogP contribution >= 0.6 is 0 Å². The lowest BCUT2D eigenvalue weighted by Crippen LogP contribution is -2.55. The molecule has 0 spiro atoms. The van der Waals surface area contributed by atoms with E-state index in [-0.39, 0.29) is 0 Å². The first kappa shape index (κ1) is 16.8. The van der Waals surface area contributed by atoms with Crippen molar-refractivity contribution >= 4 is 11.7 Å². The van der Waals surface area contributed by atoms with Crippen LogP contribution in [-0.4, -0.2) is 71.0 Å². The first-order valence-corrected chi connectivity index (χ1v) is 9.84. The number of hydrogen-bond acceptors (Lipinski definition) is 5. The molecule has 0 radical (unpaired) electrons. The van der Waals surface area contributed by atoms with E-state index in [0.29, 0.717) is 18.5 Å². The molecule has 1 aliphatic carbocycles. The maximum absolute atomic E-state index is 12.9. The number of likely N-dealkylation sites (tertiary alicyclic amines) is 1. The second-order valence-electron chi connectivity index (χ2n) is 7.67. The van der Waals surface area contributed by atoms with E-state index in [1.165, 1.54) is 38.5 Å². The van der Waals surface area contributed by atoms with Gasteiger partial charge in [-0.15, -0.1) is 0 Å². The summed E-state index contributed by atoms with van der Waals surface area (Å²) in [6.45, 7) is 5.22. The zero-order chi connectivity index (χ0) is 17.1. The van der Waals surface area contributed by atoms with Crippen LogP contribution in [0.3, 0.4) is 0 Å². The van der Waals surface area contributed by atoms with Crippen molar-refractivity contribution in [2.45, 2.75) is 44.6 Å². The van der Waals surface area contributed by atoms with E-state index < -0.39 is 0 Å². The number of anilines is 1. The first-order chi connectivity index (χ1) is 12.3. The van der Waals surface area contributed by atoms with E-state index in [1.54, 1.807) is 12.4 Å². The molecule has 3 fully saturated rings. The van der Waals surface area contributed by atoms with Gasteiger partial charge < -0.3 is 9.80 Å². The van der Waals surface area contributed by atoms with Crippen LogP contribution in [0.25, 0.3) is 0 Å². The molecule has 6 heteroatoms. The second kappa shape index (κ2) is 7.68. The topological polar surface area (TPSA) is 52.6 Å². The number of carbonyl (C=O) groups is 1. The number of amides is 1. The SMILES string of the molecule is O=C(CN1CCN(c2cnccn2)CC1)N1CCCC2CCCCC21. The van der Waals surface area contributed by atoms with Gasteiger partial charge in [-0.25, -0.2) is 4.98 Å². The fourth-order valence-corrected chi connectivity index (χ4v) is 4.81. The van der Waals surface area contributed by atoms with Gasteiger partial charge in [0.25, 0.3) is 0 Å². The van der Waals surface area contributed by atoms with Crippen molar-refractivity contribution in [2.24, 2.45) is 5.92 Å². The summed E-state index contributed by atoms with van der Waals surface area (Å²) >= 11 is 0. The Hall–Kier alpha value is -1.69. The lowest BCUT2D eigenvalue weighted by molar-refractivity contribution is -0.138. The number of piperazine rings is 1. The van der Waals surface area contributed by atoms with Gasteiger partial charge in [-0.1, -0.05) is 12.8 Å². The van der Waals surface area contributed by atoms with Crippen LogP contribution in [0.2, 0.25) is 0 Å². The summed E-state index contributed by atoms with van der Waals surface area (Å²) in [6.07, 6.45) is 13.0. The smallest absolute Gasteiger partial charge is 0.237 e. The molecule has 6 nitrogen and oxygen atoms in total. The minimum Gasteiger partial charge on any atom is -0.353 e. The number of carbonyl (C=O) groups excluding carboxylic acids is 1. The average molecular weight is 343 g/mol. The number of rotatable bonds is 3. The van der Waals surface area contributed by atoms with Crippen LogP contribution in [0.1, 0.15) is 38.5 Å². The van der Waals surface area contributed by atoms with E-state index in [9.17, 15) is 4.79 Å². The molecule has 2 saturated heterocycles. The van der Waals surface area contributed by atoms with Crippen molar-refractivity contribution in [2.75, 3.05) is 44.2 Å². The zero-order valence-corrected chi connectivity index (χ0v) is 15.0. The molecule has 0 N–H and O–H groups in total. The quantitative estimate of drug-likeness (QED) is 0.837. The molecule has 2 atom stereocenters. The third-order valence-electron chi connectivity index (χ3n) is 6.17. The summed E-state index contributed by atoms with van der Waals surface area (Å²) in [5.41, 5.74) is 0. The van der Waals surface area contributed by atoms with Gasteiger partial charge in [0.2, 0.25) is 5.91 Å². The number of piperidine rings is 1. The number of hydrogen-bond donors (Lipinski definition) is 0. The number of nitrogens with zero attached hydrogens (tertiary/aromatic N) is 5. The normalized spacial score (nSPS) is 27.8. The molecule has 1 amide bonds. The lowest BCUT2D eigenvalue weighted by atomic mass is 9.78. The summed E-state index contributed by atoms with van der Waals surface area (Å²) in [6, 6.07) is 0.524. The third kappa shape index (κ3) is 3.78. The molecular weight excluding hydrogens is 314 g/mol. The molecule has 2 aliphatic heterocycles. The van der Waals surface area contributed by atoms with Crippen molar-refractivity contribution in [3.8, 4) is 0 Å². The van der Waals surface area contributed by atoms with Gasteiger partial charge in [-0.05, 0) is 31.6 Å². The van der Waals surface area contributed by atoms with E-state index in [2.05, 4.69) is 24.7 Å². The first-order valence-electron chi connectivity index (χ1n) is 9.84. The Balaban J connectivity index is 1.30. The summed E-state index contributed by atoms with van der Waals surface area (Å²) in [5, 5.41) is 0. The maximum Gasteiger partial charge on any atom is 0.237 e. The fraction of sp³-hybridized carbons (Fsp3) is 0.737. The molecule has 1 aromatic heterocycles. The Kier molecular flexibility index (Phi) is 5.15. The Morgan fingerprint density at radius 3 is 2.60 bits per heavy atom. The average Bonchev–Trinajstić information content (AvgIpc) is 2.69. The molecular formula is C19H29N5O. The lowest BCUT2D eigenvalue weighted by Gasteiger charge is -2.45. The number of fused-ring (bicyclic) bond motifs is 1. The highest BCUT2D eigenvalue weighted by atomic mass is 16.2. The summed E-state index contributed by atoms with van der Waals surface area (Å²) in [4.78, 5) is 28.2. The largest absolute Gasteiger partial charge is 0.353 e. The van der Waals surface area contributed by atoms with Crippen molar-refractivity contribution in [1.82, 2.24) is 19.8 Å². The van der Waals surface area contributed by atoms with Gasteiger partial charge in [-0.2, -0.15) is 0 Å². The van der Waals surface area contributed by atoms with Crippen molar-refractivity contribution in [3.05, 3.63) is 18.6 Å². The number of aromatic nitrogens is 2. The molecule has 0 bridgehead atoms. The zero-order valence-electron chi connectivity index (χ0n) is 15.0. The summed E-state index contributed by atoms with van der Waals surface area (Å²) < 4.78 is 0. The van der Waals surface area contributed by atoms with Crippen molar-refractivity contribution in [3.63, 3.8) is 0 Å². The van der Waals surface area contributed by atoms with Crippen LogP contribution in [-0.2, 0) is 4.79 Å². The Morgan fingerprint density at radius 2 is 1.80 bits per heavy atom. The maximum atomic E-state index is 12.9. The fourth-order valence-electron chi connectivity index (χ4n) is 4.81. The molecule has 1 aromatic rings. The van der Waals surface area contributed by atoms with Crippen LogP contribution < -0.4 is 4.90 Å². The molecule has 4 rings (SSSR count). The molecule has 2 unspecified atom stereocenters. The molecule has 0 aromatic carbocycles. The van der Waals surface area contributed by atoms with Crippen LogP contribution in [0, 0.1) is 5.92 Å². The van der Waals surface area contributed by atoms with Crippen LogP contribution in [0.5, 0.6) is 0 Å². The van der Waals surface area contributed by atoms with E-state index in [1.807, 2.05) is 6.20 Å². The monoisotopic (exact) mass is 343 g/mol. The van der Waals surface area contributed by atoms with Gasteiger partial charge in [0.15, 0.2) is 0 Å². The molecule has 1 saturated carbocycles. The predicted octanol–water partition coefficient (Wildman–Crippen LogP) is 1.78. The van der Waals surface area contributed by atoms with Crippen LogP contribution in [0.4, 0.5) is 5.82 Å². The van der Waals surface area contributed by atoms with Gasteiger partial charge in [0.05, 0.1) is 12.7 Å². The van der Waals surface area contributed by atoms with Crippen molar-refractivity contribution in [1.29, 1.82) is 0 Å². The molecule has 136 valence electrons. The van der Waals surface area contributed by atoms with Gasteiger partial charge >= 0.3 is 0 Å². The second-order valence-corrected chi connectivity index (χ2v) is 7.67. The molecule has 3 heterocycles. The summed E-state index contributed by atoms with van der Waals surface area (Å²) in [5.74, 6) is 2.05. The molecule has 3 aliphatic rings. The highest BCUT2D eigenvalue weighted by molar-refractivity contribution is 5.78.